The molecule has 0 radical (unpaired) electrons. The Balaban J connectivity index is 0.000000771. The lowest BCUT2D eigenvalue weighted by atomic mass is 9.99. The Kier molecular flexibility index (Phi) is 7.02. The van der Waals surface area contributed by atoms with Crippen molar-refractivity contribution < 1.29 is 9.53 Å². The smallest absolute Gasteiger partial charge is 0.136 e. The average molecular weight is 253 g/mol. The molecule has 1 heterocycles. The number of hydrogen-bond acceptors (Lipinski definition) is 3. The van der Waals surface area contributed by atoms with Crippen LogP contribution in [0, 0.1) is 0 Å². The van der Waals surface area contributed by atoms with Gasteiger partial charge in [-0.1, -0.05) is 19.9 Å². The van der Waals surface area contributed by atoms with Gasteiger partial charge in [0.25, 0.3) is 0 Å². The number of hydrogen-bond donors (Lipinski definition) is 0. The molecule has 3 nitrogen and oxygen atoms in total. The first-order valence-electron chi connectivity index (χ1n) is 7.37. The predicted octanol–water partition coefficient (Wildman–Crippen LogP) is 3.15. The SMILES string of the molecule is CC.CCO[C@@H]1CC=C(N2CCC(=O)CC2)CC1. The molecule has 18 heavy (non-hydrogen) atoms. The highest BCUT2D eigenvalue weighted by Gasteiger charge is 2.21. The van der Waals surface area contributed by atoms with Crippen LogP contribution in [0.5, 0.6) is 0 Å². The van der Waals surface area contributed by atoms with Gasteiger partial charge in [-0.3, -0.25) is 4.79 Å². The van der Waals surface area contributed by atoms with Crippen molar-refractivity contribution >= 4 is 5.78 Å². The number of allylic oxidation sites excluding steroid dienone is 1. The Labute approximate surface area is 111 Å². The number of ketones is 1. The molecule has 0 aromatic heterocycles. The summed E-state index contributed by atoms with van der Waals surface area (Å²) in [6.45, 7) is 8.70. The molecule has 0 unspecified atom stereocenters. The van der Waals surface area contributed by atoms with E-state index < -0.39 is 0 Å². The summed E-state index contributed by atoms with van der Waals surface area (Å²) in [7, 11) is 0. The minimum atomic E-state index is 0.417. The van der Waals surface area contributed by atoms with Crippen molar-refractivity contribution in [2.75, 3.05) is 19.7 Å². The summed E-state index contributed by atoms with van der Waals surface area (Å²) in [4.78, 5) is 13.5. The van der Waals surface area contributed by atoms with Crippen LogP contribution in [-0.2, 0) is 9.53 Å². The van der Waals surface area contributed by atoms with Gasteiger partial charge in [0.1, 0.15) is 5.78 Å². The Morgan fingerprint density at radius 3 is 2.44 bits per heavy atom. The number of carbonyl (C=O) groups is 1. The van der Waals surface area contributed by atoms with Crippen molar-refractivity contribution in [3.8, 4) is 0 Å². The number of nitrogens with zero attached hydrogens (tertiary/aromatic N) is 1. The molecule has 2 rings (SSSR count). The van der Waals surface area contributed by atoms with Gasteiger partial charge in [0, 0.05) is 38.2 Å². The van der Waals surface area contributed by atoms with Crippen molar-refractivity contribution in [3.63, 3.8) is 0 Å². The second-order valence-corrected chi connectivity index (χ2v) is 4.57. The van der Waals surface area contributed by atoms with Gasteiger partial charge < -0.3 is 9.64 Å². The number of likely N-dealkylation sites (tertiary alicyclic amines) is 1. The number of Topliss-reactive ketones (excluding diaryl/α,β-unsaturated/α-hetero) is 1. The van der Waals surface area contributed by atoms with Gasteiger partial charge >= 0.3 is 0 Å². The zero-order chi connectivity index (χ0) is 13.4. The Bertz CT molecular complexity index is 276. The summed E-state index contributed by atoms with van der Waals surface area (Å²) in [5, 5.41) is 0. The van der Waals surface area contributed by atoms with Crippen LogP contribution in [0.4, 0.5) is 0 Å². The summed E-state index contributed by atoms with van der Waals surface area (Å²) in [5.41, 5.74) is 1.43. The van der Waals surface area contributed by atoms with Crippen LogP contribution in [0.1, 0.15) is 52.9 Å². The van der Waals surface area contributed by atoms with E-state index in [1.54, 1.807) is 0 Å². The zero-order valence-corrected chi connectivity index (χ0v) is 12.1. The van der Waals surface area contributed by atoms with E-state index in [0.717, 1.165) is 51.8 Å². The molecule has 0 aromatic rings. The van der Waals surface area contributed by atoms with E-state index >= 15 is 0 Å². The molecular formula is C15H27NO2. The Morgan fingerprint density at radius 1 is 1.28 bits per heavy atom. The number of rotatable bonds is 3. The molecule has 0 spiro atoms. The summed E-state index contributed by atoms with van der Waals surface area (Å²) < 4.78 is 5.62. The zero-order valence-electron chi connectivity index (χ0n) is 12.1. The molecule has 0 bridgehead atoms. The van der Waals surface area contributed by atoms with Gasteiger partial charge in [-0.2, -0.15) is 0 Å². The van der Waals surface area contributed by atoms with E-state index in [0.29, 0.717) is 11.9 Å². The maximum atomic E-state index is 11.2. The first-order chi connectivity index (χ1) is 8.79. The second-order valence-electron chi connectivity index (χ2n) is 4.57. The van der Waals surface area contributed by atoms with E-state index in [1.165, 1.54) is 5.70 Å². The Hall–Kier alpha value is -0.830. The standard InChI is InChI=1S/C13H21NO2.C2H6/c1-2-16-13-5-3-11(4-6-13)14-9-7-12(15)8-10-14;1-2/h3,13H,2,4-10H2,1H3;1-2H3/t13-;/m1./s1. The van der Waals surface area contributed by atoms with E-state index in [9.17, 15) is 4.79 Å². The van der Waals surface area contributed by atoms with Gasteiger partial charge in [0.2, 0.25) is 0 Å². The van der Waals surface area contributed by atoms with E-state index in [4.69, 9.17) is 4.74 Å². The van der Waals surface area contributed by atoms with Crippen molar-refractivity contribution in [2.24, 2.45) is 0 Å². The quantitative estimate of drug-likeness (QED) is 0.774. The first-order valence-corrected chi connectivity index (χ1v) is 7.37. The van der Waals surface area contributed by atoms with Crippen LogP contribution in [0.15, 0.2) is 11.8 Å². The largest absolute Gasteiger partial charge is 0.378 e. The molecule has 1 atom stereocenters. The van der Waals surface area contributed by atoms with Crippen LogP contribution >= 0.6 is 0 Å². The van der Waals surface area contributed by atoms with Crippen molar-refractivity contribution in [2.45, 2.75) is 59.0 Å². The first kappa shape index (κ1) is 15.2. The van der Waals surface area contributed by atoms with Gasteiger partial charge in [-0.15, -0.1) is 0 Å². The maximum Gasteiger partial charge on any atom is 0.136 e. The van der Waals surface area contributed by atoms with Crippen molar-refractivity contribution in [3.05, 3.63) is 11.8 Å². The monoisotopic (exact) mass is 253 g/mol. The molecule has 1 aliphatic heterocycles. The third-order valence-electron chi connectivity index (χ3n) is 3.47. The molecule has 1 fully saturated rings. The normalized spacial score (nSPS) is 24.2. The molecular weight excluding hydrogens is 226 g/mol. The lowest BCUT2D eigenvalue weighted by Crippen LogP contribution is -2.34. The van der Waals surface area contributed by atoms with Gasteiger partial charge in [-0.25, -0.2) is 0 Å². The lowest BCUT2D eigenvalue weighted by molar-refractivity contribution is -0.121. The average Bonchev–Trinajstić information content (AvgIpc) is 2.43. The van der Waals surface area contributed by atoms with Gasteiger partial charge in [0.05, 0.1) is 6.10 Å². The highest BCUT2D eigenvalue weighted by Crippen LogP contribution is 2.25. The van der Waals surface area contributed by atoms with Crippen LogP contribution in [0.2, 0.25) is 0 Å². The molecule has 2 aliphatic rings. The van der Waals surface area contributed by atoms with Crippen LogP contribution in [0.3, 0.4) is 0 Å². The van der Waals surface area contributed by atoms with E-state index in [1.807, 2.05) is 13.8 Å². The lowest BCUT2D eigenvalue weighted by Gasteiger charge is -2.33. The fourth-order valence-electron chi connectivity index (χ4n) is 2.51. The highest BCUT2D eigenvalue weighted by atomic mass is 16.5. The number of piperidine rings is 1. The third kappa shape index (κ3) is 4.45. The van der Waals surface area contributed by atoms with Gasteiger partial charge in [0.15, 0.2) is 0 Å². The van der Waals surface area contributed by atoms with E-state index in [2.05, 4.69) is 17.9 Å². The predicted molar refractivity (Wildman–Crippen MR) is 74.5 cm³/mol. The summed E-state index contributed by atoms with van der Waals surface area (Å²) >= 11 is 0. The summed E-state index contributed by atoms with van der Waals surface area (Å²) in [5.74, 6) is 0.417. The second kappa shape index (κ2) is 8.30. The maximum absolute atomic E-state index is 11.2. The number of ether oxygens (including phenoxy) is 1. The highest BCUT2D eigenvalue weighted by molar-refractivity contribution is 5.79. The van der Waals surface area contributed by atoms with Gasteiger partial charge in [-0.05, 0) is 26.2 Å². The molecule has 3 heteroatoms. The number of carbonyl (C=O) groups excluding carboxylic acids is 1. The molecule has 0 saturated carbocycles. The Morgan fingerprint density at radius 2 is 1.94 bits per heavy atom. The molecule has 104 valence electrons. The van der Waals surface area contributed by atoms with E-state index in [-0.39, 0.29) is 0 Å². The van der Waals surface area contributed by atoms with Crippen LogP contribution in [0.25, 0.3) is 0 Å². The summed E-state index contributed by atoms with van der Waals surface area (Å²) in [6, 6.07) is 0. The molecule has 1 saturated heterocycles. The molecule has 0 N–H and O–H groups in total. The summed E-state index contributed by atoms with van der Waals surface area (Å²) in [6.07, 6.45) is 7.45. The third-order valence-corrected chi connectivity index (χ3v) is 3.47. The van der Waals surface area contributed by atoms with Crippen LogP contribution in [-0.4, -0.2) is 36.5 Å². The van der Waals surface area contributed by atoms with Crippen molar-refractivity contribution in [1.29, 1.82) is 0 Å². The minimum absolute atomic E-state index is 0.417. The molecule has 1 aliphatic carbocycles. The fraction of sp³-hybridized carbons (Fsp3) is 0.800. The van der Waals surface area contributed by atoms with Crippen molar-refractivity contribution in [1.82, 2.24) is 4.90 Å². The fourth-order valence-corrected chi connectivity index (χ4v) is 2.51. The molecule has 0 aromatic carbocycles. The minimum Gasteiger partial charge on any atom is -0.378 e. The molecule has 0 amide bonds. The van der Waals surface area contributed by atoms with Crippen LogP contribution < -0.4 is 0 Å². The topological polar surface area (TPSA) is 29.5 Å².